The first-order valence-electron chi connectivity index (χ1n) is 11.3. The van der Waals surface area contributed by atoms with E-state index in [-0.39, 0.29) is 37.0 Å². The molecule has 0 bridgehead atoms. The van der Waals surface area contributed by atoms with Gasteiger partial charge < -0.3 is 10.1 Å². The van der Waals surface area contributed by atoms with Crippen molar-refractivity contribution in [1.82, 2.24) is 9.21 Å². The second kappa shape index (κ2) is 10.3. The normalized spacial score (nSPS) is 15.1. The minimum Gasteiger partial charge on any atom is -0.490 e. The minimum absolute atomic E-state index is 0.0618. The maximum Gasteiger partial charge on any atom is 0.311 e. The van der Waals surface area contributed by atoms with Crippen LogP contribution in [0.5, 0.6) is 5.75 Å². The Balaban J connectivity index is 1.66. The Kier molecular flexibility index (Phi) is 7.83. The van der Waals surface area contributed by atoms with Crippen molar-refractivity contribution in [3.8, 4) is 5.75 Å². The van der Waals surface area contributed by atoms with Gasteiger partial charge in [0.2, 0.25) is 15.9 Å². The molecule has 0 aromatic heterocycles. The van der Waals surface area contributed by atoms with Crippen LogP contribution in [-0.2, 0) is 14.8 Å². The molecule has 0 saturated carbocycles. The van der Waals surface area contributed by atoms with Crippen LogP contribution in [0.2, 0.25) is 0 Å². The number of nitrogens with one attached hydrogen (secondary N) is 1. The third kappa shape index (κ3) is 5.47. The molecule has 0 radical (unpaired) electrons. The molecule has 1 aliphatic heterocycles. The molecule has 1 heterocycles. The van der Waals surface area contributed by atoms with Crippen molar-refractivity contribution >= 4 is 27.3 Å². The van der Waals surface area contributed by atoms with E-state index in [1.54, 1.807) is 6.92 Å². The number of nitrogens with zero attached hydrogens (tertiary/aromatic N) is 3. The molecule has 3 rings (SSSR count). The first kappa shape index (κ1) is 26.6. The molecule has 1 fully saturated rings. The highest BCUT2D eigenvalue weighted by molar-refractivity contribution is 7.89. The van der Waals surface area contributed by atoms with E-state index in [1.807, 2.05) is 38.7 Å². The number of rotatable bonds is 7. The first-order chi connectivity index (χ1) is 16.4. The van der Waals surface area contributed by atoms with Gasteiger partial charge in [-0.3, -0.25) is 19.8 Å². The highest BCUT2D eigenvalue weighted by Gasteiger charge is 2.32. The number of aryl methyl sites for hydroxylation is 3. The van der Waals surface area contributed by atoms with Crippen LogP contribution in [0.1, 0.15) is 27.8 Å². The van der Waals surface area contributed by atoms with Gasteiger partial charge in [0, 0.05) is 44.0 Å². The van der Waals surface area contributed by atoms with E-state index in [0.29, 0.717) is 29.2 Å². The molecule has 11 heteroatoms. The number of piperazine rings is 1. The molecular weight excluding hydrogens is 472 g/mol. The summed E-state index contributed by atoms with van der Waals surface area (Å²) >= 11 is 0. The lowest BCUT2D eigenvalue weighted by molar-refractivity contribution is -0.385. The summed E-state index contributed by atoms with van der Waals surface area (Å²) in [5.74, 6) is -0.229. The number of hydrogen-bond acceptors (Lipinski definition) is 7. The van der Waals surface area contributed by atoms with Crippen molar-refractivity contribution in [3.05, 3.63) is 56.1 Å². The largest absolute Gasteiger partial charge is 0.490 e. The lowest BCUT2D eigenvalue weighted by Gasteiger charge is -2.34. The molecule has 10 nitrogen and oxygen atoms in total. The highest BCUT2D eigenvalue weighted by atomic mass is 32.2. The summed E-state index contributed by atoms with van der Waals surface area (Å²) in [6.07, 6.45) is 0. The number of benzene rings is 2. The second-order valence-electron chi connectivity index (χ2n) is 8.91. The van der Waals surface area contributed by atoms with Crippen LogP contribution in [0.3, 0.4) is 0 Å². The number of nitro benzene ring substituents is 1. The van der Waals surface area contributed by atoms with Gasteiger partial charge in [-0.1, -0.05) is 6.07 Å². The number of amides is 1. The first-order valence-corrected chi connectivity index (χ1v) is 12.7. The topological polar surface area (TPSA) is 122 Å². The zero-order valence-electron chi connectivity index (χ0n) is 21.0. The average Bonchev–Trinajstić information content (AvgIpc) is 2.79. The van der Waals surface area contributed by atoms with Crippen molar-refractivity contribution in [2.75, 3.05) is 45.2 Å². The fourth-order valence-electron chi connectivity index (χ4n) is 4.33. The van der Waals surface area contributed by atoms with Crippen LogP contribution in [-0.4, -0.2) is 68.3 Å². The molecule has 190 valence electrons. The van der Waals surface area contributed by atoms with Crippen LogP contribution >= 0.6 is 0 Å². The monoisotopic (exact) mass is 504 g/mol. The molecule has 1 saturated heterocycles. The number of ether oxygens (including phenoxy) is 1. The third-order valence-corrected chi connectivity index (χ3v) is 8.76. The van der Waals surface area contributed by atoms with Crippen LogP contribution in [0, 0.1) is 44.7 Å². The Bertz CT molecular complexity index is 1240. The molecule has 1 aliphatic rings. The van der Waals surface area contributed by atoms with Gasteiger partial charge in [-0.15, -0.1) is 0 Å². The lowest BCUT2D eigenvalue weighted by Crippen LogP contribution is -2.50. The van der Waals surface area contributed by atoms with Crippen molar-refractivity contribution in [3.63, 3.8) is 0 Å². The van der Waals surface area contributed by atoms with Gasteiger partial charge in [0.15, 0.2) is 5.75 Å². The second-order valence-corrected chi connectivity index (χ2v) is 10.8. The molecule has 0 aliphatic carbocycles. The predicted octanol–water partition coefficient (Wildman–Crippen LogP) is 3.09. The van der Waals surface area contributed by atoms with Gasteiger partial charge in [-0.2, -0.15) is 4.31 Å². The number of carbonyl (C=O) groups is 1. The van der Waals surface area contributed by atoms with Crippen molar-refractivity contribution in [2.45, 2.75) is 39.5 Å². The fraction of sp³-hybridized carbons (Fsp3) is 0.458. The quantitative estimate of drug-likeness (QED) is 0.454. The Labute approximate surface area is 206 Å². The highest BCUT2D eigenvalue weighted by Crippen LogP contribution is 2.33. The van der Waals surface area contributed by atoms with Gasteiger partial charge in [-0.05, 0) is 62.4 Å². The summed E-state index contributed by atoms with van der Waals surface area (Å²) in [4.78, 5) is 25.6. The molecule has 1 N–H and O–H groups in total. The zero-order valence-corrected chi connectivity index (χ0v) is 21.8. The third-order valence-electron chi connectivity index (χ3n) is 6.59. The van der Waals surface area contributed by atoms with Gasteiger partial charge in [-0.25, -0.2) is 8.42 Å². The van der Waals surface area contributed by atoms with Crippen molar-refractivity contribution in [2.24, 2.45) is 0 Å². The van der Waals surface area contributed by atoms with Crippen molar-refractivity contribution in [1.29, 1.82) is 0 Å². The van der Waals surface area contributed by atoms with E-state index < -0.39 is 14.9 Å². The maximum absolute atomic E-state index is 13.4. The number of methoxy groups -OCH3 is 1. The molecule has 0 unspecified atom stereocenters. The van der Waals surface area contributed by atoms with Gasteiger partial charge in [0.1, 0.15) is 0 Å². The number of sulfonamides is 1. The molecule has 1 amide bonds. The van der Waals surface area contributed by atoms with Crippen LogP contribution in [0.4, 0.5) is 11.4 Å². The van der Waals surface area contributed by atoms with E-state index in [1.165, 1.54) is 23.5 Å². The minimum atomic E-state index is -3.66. The zero-order chi connectivity index (χ0) is 26.1. The van der Waals surface area contributed by atoms with E-state index in [9.17, 15) is 23.3 Å². The number of anilines is 1. The van der Waals surface area contributed by atoms with E-state index >= 15 is 0 Å². The summed E-state index contributed by atoms with van der Waals surface area (Å²) in [6, 6.07) is 4.79. The summed E-state index contributed by atoms with van der Waals surface area (Å²) in [6.45, 7) is 10.7. The van der Waals surface area contributed by atoms with E-state index in [0.717, 1.165) is 22.3 Å². The summed E-state index contributed by atoms with van der Waals surface area (Å²) in [7, 11) is -2.32. The summed E-state index contributed by atoms with van der Waals surface area (Å²) < 4.78 is 33.5. The molecule has 35 heavy (non-hydrogen) atoms. The van der Waals surface area contributed by atoms with Gasteiger partial charge in [0.05, 0.1) is 23.5 Å². The molecule has 0 atom stereocenters. The summed E-state index contributed by atoms with van der Waals surface area (Å²) in [5, 5.41) is 13.9. The van der Waals surface area contributed by atoms with Crippen molar-refractivity contribution < 1.29 is 22.9 Å². The average molecular weight is 505 g/mol. The number of hydrogen-bond donors (Lipinski definition) is 1. The number of carbonyl (C=O) groups excluding carboxylic acids is 1. The Hall–Kier alpha value is -3.02. The molecule has 0 spiro atoms. The Morgan fingerprint density at radius 3 is 2.09 bits per heavy atom. The summed E-state index contributed by atoms with van der Waals surface area (Å²) in [5.41, 5.74) is 4.22. The van der Waals surface area contributed by atoms with Crippen LogP contribution < -0.4 is 10.1 Å². The SMILES string of the molecule is COc1cc(NC(=O)CN2CCN(S(=O)(=O)c3c(C)c(C)cc(C)c3C)CC2)c(C)cc1[N+](=O)[O-]. The maximum atomic E-state index is 13.4. The van der Waals surface area contributed by atoms with Crippen LogP contribution in [0.25, 0.3) is 0 Å². The smallest absolute Gasteiger partial charge is 0.311 e. The van der Waals surface area contributed by atoms with E-state index in [2.05, 4.69) is 5.32 Å². The van der Waals surface area contributed by atoms with E-state index in [4.69, 9.17) is 4.74 Å². The molecule has 2 aromatic rings. The standard InChI is InChI=1S/C24H32N4O6S/c1-15-11-16(2)19(5)24(18(15)4)35(32,33)27-9-7-26(8-10-27)14-23(29)25-20-13-22(34-6)21(28(30)31)12-17(20)3/h11-13H,7-10,14H2,1-6H3,(H,25,29). The van der Waals surface area contributed by atoms with Crippen LogP contribution in [0.15, 0.2) is 23.1 Å². The predicted molar refractivity (Wildman–Crippen MR) is 134 cm³/mol. The fourth-order valence-corrected chi connectivity index (χ4v) is 6.33. The van der Waals surface area contributed by atoms with Gasteiger partial charge in [0.25, 0.3) is 0 Å². The Morgan fingerprint density at radius 2 is 1.57 bits per heavy atom. The Morgan fingerprint density at radius 1 is 1.00 bits per heavy atom. The molecule has 2 aromatic carbocycles. The lowest BCUT2D eigenvalue weighted by atomic mass is 10.0. The van der Waals surface area contributed by atoms with Gasteiger partial charge >= 0.3 is 5.69 Å². The number of nitro groups is 1. The molecular formula is C24H32N4O6S.